The number of aromatic hydroxyl groups is 1. The van der Waals surface area contributed by atoms with E-state index in [2.05, 4.69) is 0 Å². The van der Waals surface area contributed by atoms with Gasteiger partial charge in [0, 0.05) is 12.0 Å². The van der Waals surface area contributed by atoms with E-state index in [-0.39, 0.29) is 23.2 Å². The number of ether oxygens (including phenoxy) is 1. The molecule has 0 saturated carbocycles. The van der Waals surface area contributed by atoms with Crippen LogP contribution >= 0.6 is 0 Å². The highest BCUT2D eigenvalue weighted by Gasteiger charge is 2.29. The zero-order chi connectivity index (χ0) is 14.6. The Bertz CT molecular complexity index is 530. The maximum absolute atomic E-state index is 11.4. The molecule has 1 aromatic carbocycles. The van der Waals surface area contributed by atoms with Gasteiger partial charge in [0.1, 0.15) is 21.3 Å². The summed E-state index contributed by atoms with van der Waals surface area (Å²) in [5, 5.41) is 9.37. The van der Waals surface area contributed by atoms with Crippen molar-refractivity contribution < 1.29 is 18.3 Å². The lowest BCUT2D eigenvalue weighted by molar-refractivity contribution is 0.189. The maximum Gasteiger partial charge on any atom is 0.150 e. The summed E-state index contributed by atoms with van der Waals surface area (Å²) in [6.07, 6.45) is 1.32. The van der Waals surface area contributed by atoms with E-state index in [0.717, 1.165) is 0 Å². The van der Waals surface area contributed by atoms with Gasteiger partial charge < -0.3 is 15.6 Å². The zero-order valence-corrected chi connectivity index (χ0v) is 12.2. The average molecular weight is 299 g/mol. The highest BCUT2D eigenvalue weighted by molar-refractivity contribution is 7.91. The highest BCUT2D eigenvalue weighted by Crippen LogP contribution is 2.27. The Balaban J connectivity index is 1.90. The minimum absolute atomic E-state index is 0.146. The lowest BCUT2D eigenvalue weighted by Crippen LogP contribution is -2.35. The smallest absolute Gasteiger partial charge is 0.150 e. The molecule has 1 heterocycles. The molecule has 3 N–H and O–H groups in total. The second kappa shape index (κ2) is 6.45. The van der Waals surface area contributed by atoms with E-state index in [1.165, 1.54) is 0 Å². The van der Waals surface area contributed by atoms with Crippen LogP contribution in [0.2, 0.25) is 0 Å². The van der Waals surface area contributed by atoms with E-state index in [1.54, 1.807) is 24.3 Å². The SMILES string of the molecule is NCC(COc1cccc(O)c1)C1CCS(=O)(=O)CC1. The summed E-state index contributed by atoms with van der Waals surface area (Å²) in [5.41, 5.74) is 5.79. The van der Waals surface area contributed by atoms with Gasteiger partial charge in [-0.1, -0.05) is 6.07 Å². The monoisotopic (exact) mass is 299 g/mol. The Morgan fingerprint density at radius 1 is 1.35 bits per heavy atom. The largest absolute Gasteiger partial charge is 0.508 e. The van der Waals surface area contributed by atoms with Crippen molar-refractivity contribution in [2.75, 3.05) is 24.7 Å². The van der Waals surface area contributed by atoms with Crippen molar-refractivity contribution in [2.45, 2.75) is 12.8 Å². The second-order valence-corrected chi connectivity index (χ2v) is 7.60. The summed E-state index contributed by atoms with van der Waals surface area (Å²) in [6.45, 7) is 0.925. The molecule has 0 spiro atoms. The van der Waals surface area contributed by atoms with Gasteiger partial charge in [0.15, 0.2) is 0 Å². The number of sulfone groups is 1. The second-order valence-electron chi connectivity index (χ2n) is 5.29. The first kappa shape index (κ1) is 15.1. The third-order valence-corrected chi connectivity index (χ3v) is 5.57. The predicted molar refractivity (Wildman–Crippen MR) is 77.5 cm³/mol. The molecule has 2 rings (SSSR count). The van der Waals surface area contributed by atoms with Gasteiger partial charge >= 0.3 is 0 Å². The fraction of sp³-hybridized carbons (Fsp3) is 0.571. The molecule has 20 heavy (non-hydrogen) atoms. The molecule has 1 aliphatic rings. The minimum Gasteiger partial charge on any atom is -0.508 e. The first-order valence-electron chi connectivity index (χ1n) is 6.82. The molecule has 6 heteroatoms. The fourth-order valence-electron chi connectivity index (χ4n) is 2.55. The molecule has 1 saturated heterocycles. The van der Waals surface area contributed by atoms with Crippen molar-refractivity contribution in [3.63, 3.8) is 0 Å². The molecule has 5 nitrogen and oxygen atoms in total. The minimum atomic E-state index is -2.84. The molecular formula is C14H21NO4S. The standard InChI is InChI=1S/C14H21NO4S/c15-9-12(11-4-6-20(17,18)7-5-11)10-19-14-3-1-2-13(16)8-14/h1-3,8,11-12,16H,4-7,9-10,15H2. The summed E-state index contributed by atoms with van der Waals surface area (Å²) in [7, 11) is -2.84. The Hall–Kier alpha value is -1.27. The van der Waals surface area contributed by atoms with Crippen LogP contribution in [0.25, 0.3) is 0 Å². The normalized spacial score (nSPS) is 20.4. The van der Waals surface area contributed by atoms with E-state index >= 15 is 0 Å². The molecule has 0 aliphatic carbocycles. The number of nitrogens with two attached hydrogens (primary N) is 1. The van der Waals surface area contributed by atoms with Crippen molar-refractivity contribution >= 4 is 9.84 Å². The lowest BCUT2D eigenvalue weighted by Gasteiger charge is -2.29. The molecule has 0 amide bonds. The topological polar surface area (TPSA) is 89.6 Å². The maximum atomic E-state index is 11.4. The number of rotatable bonds is 5. The van der Waals surface area contributed by atoms with Crippen molar-refractivity contribution in [2.24, 2.45) is 17.6 Å². The van der Waals surface area contributed by atoms with Crippen LogP contribution < -0.4 is 10.5 Å². The molecule has 1 aromatic rings. The van der Waals surface area contributed by atoms with Gasteiger partial charge in [-0.2, -0.15) is 0 Å². The van der Waals surface area contributed by atoms with Crippen LogP contribution in [0, 0.1) is 11.8 Å². The van der Waals surface area contributed by atoms with E-state index in [4.69, 9.17) is 10.5 Å². The molecule has 0 aromatic heterocycles. The van der Waals surface area contributed by atoms with Crippen molar-refractivity contribution in [3.8, 4) is 11.5 Å². The molecule has 112 valence electrons. The molecule has 1 fully saturated rings. The van der Waals surface area contributed by atoms with E-state index in [0.29, 0.717) is 37.7 Å². The first-order valence-corrected chi connectivity index (χ1v) is 8.64. The predicted octanol–water partition coefficient (Wildman–Crippen LogP) is 1.17. The third kappa shape index (κ3) is 4.11. The number of phenols is 1. The lowest BCUT2D eigenvalue weighted by atomic mass is 9.88. The van der Waals surface area contributed by atoms with Crippen LogP contribution in [-0.4, -0.2) is 38.2 Å². The molecule has 0 radical (unpaired) electrons. The molecule has 1 unspecified atom stereocenters. The summed E-state index contributed by atoms with van der Waals surface area (Å²) < 4.78 is 28.5. The van der Waals surface area contributed by atoms with Crippen molar-refractivity contribution in [1.29, 1.82) is 0 Å². The first-order chi connectivity index (χ1) is 9.50. The van der Waals surface area contributed by atoms with Gasteiger partial charge in [0.05, 0.1) is 18.1 Å². The van der Waals surface area contributed by atoms with Crippen LogP contribution in [-0.2, 0) is 9.84 Å². The van der Waals surface area contributed by atoms with Crippen LogP contribution in [0.15, 0.2) is 24.3 Å². The van der Waals surface area contributed by atoms with E-state index in [9.17, 15) is 13.5 Å². The Morgan fingerprint density at radius 2 is 2.05 bits per heavy atom. The average Bonchev–Trinajstić information content (AvgIpc) is 2.41. The van der Waals surface area contributed by atoms with Crippen LogP contribution in [0.4, 0.5) is 0 Å². The summed E-state index contributed by atoms with van der Waals surface area (Å²) >= 11 is 0. The quantitative estimate of drug-likeness (QED) is 0.852. The van der Waals surface area contributed by atoms with Crippen molar-refractivity contribution in [3.05, 3.63) is 24.3 Å². The van der Waals surface area contributed by atoms with Crippen LogP contribution in [0.3, 0.4) is 0 Å². The number of hydrogen-bond donors (Lipinski definition) is 2. The molecule has 0 bridgehead atoms. The Labute approximate surface area is 119 Å². The Morgan fingerprint density at radius 3 is 2.65 bits per heavy atom. The molecular weight excluding hydrogens is 278 g/mol. The van der Waals surface area contributed by atoms with E-state index < -0.39 is 9.84 Å². The number of phenolic OH excluding ortho intramolecular Hbond substituents is 1. The van der Waals surface area contributed by atoms with Crippen LogP contribution in [0.5, 0.6) is 11.5 Å². The number of hydrogen-bond acceptors (Lipinski definition) is 5. The summed E-state index contributed by atoms with van der Waals surface area (Å²) in [4.78, 5) is 0. The highest BCUT2D eigenvalue weighted by atomic mass is 32.2. The van der Waals surface area contributed by atoms with Crippen molar-refractivity contribution in [1.82, 2.24) is 0 Å². The number of benzene rings is 1. The summed E-state index contributed by atoms with van der Waals surface area (Å²) in [5.74, 6) is 1.71. The Kier molecular flexibility index (Phi) is 4.88. The van der Waals surface area contributed by atoms with Gasteiger partial charge in [-0.25, -0.2) is 8.42 Å². The third-order valence-electron chi connectivity index (χ3n) is 3.85. The van der Waals surface area contributed by atoms with Crippen LogP contribution in [0.1, 0.15) is 12.8 Å². The van der Waals surface area contributed by atoms with Gasteiger partial charge in [-0.15, -0.1) is 0 Å². The van der Waals surface area contributed by atoms with Gasteiger partial charge in [-0.3, -0.25) is 0 Å². The molecule has 1 atom stereocenters. The molecule has 1 aliphatic heterocycles. The van der Waals surface area contributed by atoms with Gasteiger partial charge in [-0.05, 0) is 37.4 Å². The van der Waals surface area contributed by atoms with E-state index in [1.807, 2.05) is 0 Å². The zero-order valence-electron chi connectivity index (χ0n) is 11.4. The van der Waals surface area contributed by atoms with Gasteiger partial charge in [0.2, 0.25) is 0 Å². The summed E-state index contributed by atoms with van der Waals surface area (Å²) in [6, 6.07) is 6.63. The van der Waals surface area contributed by atoms with Gasteiger partial charge in [0.25, 0.3) is 0 Å². The fourth-order valence-corrected chi connectivity index (χ4v) is 4.08.